The van der Waals surface area contributed by atoms with Crippen LogP contribution in [0.4, 0.5) is 0 Å². The molecule has 22 heavy (non-hydrogen) atoms. The van der Waals surface area contributed by atoms with Crippen molar-refractivity contribution in [1.29, 1.82) is 0 Å². The molecule has 0 unspecified atom stereocenters. The van der Waals surface area contributed by atoms with Crippen molar-refractivity contribution in [2.24, 2.45) is 0 Å². The lowest BCUT2D eigenvalue weighted by molar-refractivity contribution is -0.150. The molecule has 1 aromatic rings. The van der Waals surface area contributed by atoms with E-state index in [9.17, 15) is 14.7 Å². The van der Waals surface area contributed by atoms with E-state index in [1.807, 2.05) is 0 Å². The number of benzene rings is 1. The van der Waals surface area contributed by atoms with Gasteiger partial charge in [-0.25, -0.2) is 0 Å². The molecule has 0 aromatic heterocycles. The summed E-state index contributed by atoms with van der Waals surface area (Å²) in [7, 11) is 0. The van der Waals surface area contributed by atoms with Crippen LogP contribution in [-0.4, -0.2) is 29.6 Å². The molecule has 0 radical (unpaired) electrons. The molecule has 0 heterocycles. The number of phenolic OH excluding ortho intramolecular Hbond substituents is 1. The van der Waals surface area contributed by atoms with Gasteiger partial charge < -0.3 is 15.2 Å². The van der Waals surface area contributed by atoms with Crippen LogP contribution in [0, 0.1) is 0 Å². The highest BCUT2D eigenvalue weighted by Gasteiger charge is 2.17. The maximum Gasteiger partial charge on any atom is 0.306 e. The highest BCUT2D eigenvalue weighted by atomic mass is 16.5. The second-order valence-electron chi connectivity index (χ2n) is 5.63. The largest absolute Gasteiger partial charge is 0.507 e. The van der Waals surface area contributed by atoms with Crippen LogP contribution in [0.5, 0.6) is 5.75 Å². The number of rotatable bonds is 6. The Hall–Kier alpha value is -2.04. The molecule has 0 bridgehead atoms. The number of esters is 1. The molecule has 5 nitrogen and oxygen atoms in total. The second-order valence-corrected chi connectivity index (χ2v) is 5.63. The van der Waals surface area contributed by atoms with Crippen LogP contribution in [0.15, 0.2) is 24.3 Å². The molecular formula is C17H23NO4. The van der Waals surface area contributed by atoms with Gasteiger partial charge in [-0.3, -0.25) is 9.59 Å². The molecule has 1 aliphatic rings. The third-order valence-corrected chi connectivity index (χ3v) is 3.84. The second kappa shape index (κ2) is 8.41. The molecule has 1 amide bonds. The van der Waals surface area contributed by atoms with Gasteiger partial charge in [-0.15, -0.1) is 0 Å². The average Bonchev–Trinajstić information content (AvgIpc) is 2.53. The number of para-hydroxylation sites is 1. The SMILES string of the molecule is O=C(CCCNC(=O)c1ccccc1O)OC1CCCCC1. The standard InChI is InChI=1S/C17H23NO4/c19-15-10-5-4-9-14(15)17(21)18-12-6-11-16(20)22-13-7-2-1-3-8-13/h4-5,9-10,13,19H,1-3,6-8,11-12H2,(H,18,21). The Balaban J connectivity index is 1.63. The van der Waals surface area contributed by atoms with Crippen molar-refractivity contribution in [3.05, 3.63) is 29.8 Å². The fraction of sp³-hybridized carbons (Fsp3) is 0.529. The van der Waals surface area contributed by atoms with E-state index >= 15 is 0 Å². The van der Waals surface area contributed by atoms with Gasteiger partial charge in [-0.05, 0) is 44.2 Å². The smallest absolute Gasteiger partial charge is 0.306 e. The van der Waals surface area contributed by atoms with Crippen LogP contribution < -0.4 is 5.32 Å². The van der Waals surface area contributed by atoms with Gasteiger partial charge in [0, 0.05) is 13.0 Å². The number of hydrogen-bond donors (Lipinski definition) is 2. The Bertz CT molecular complexity index is 509. The number of amides is 1. The molecule has 0 atom stereocenters. The number of phenols is 1. The monoisotopic (exact) mass is 305 g/mol. The first-order valence-electron chi connectivity index (χ1n) is 7.92. The summed E-state index contributed by atoms with van der Waals surface area (Å²) in [6.45, 7) is 0.382. The zero-order valence-electron chi connectivity index (χ0n) is 12.7. The highest BCUT2D eigenvalue weighted by Crippen LogP contribution is 2.20. The Kier molecular flexibility index (Phi) is 6.25. The summed E-state index contributed by atoms with van der Waals surface area (Å²) in [5, 5.41) is 12.3. The van der Waals surface area contributed by atoms with Crippen LogP contribution in [0.2, 0.25) is 0 Å². The normalized spacial score (nSPS) is 15.3. The quantitative estimate of drug-likeness (QED) is 0.626. The van der Waals surface area contributed by atoms with Crippen molar-refractivity contribution >= 4 is 11.9 Å². The Morgan fingerprint density at radius 2 is 1.91 bits per heavy atom. The lowest BCUT2D eigenvalue weighted by Gasteiger charge is -2.21. The van der Waals surface area contributed by atoms with E-state index in [-0.39, 0.29) is 29.3 Å². The number of ether oxygens (including phenoxy) is 1. The third kappa shape index (κ3) is 5.06. The maximum atomic E-state index is 11.8. The number of carbonyl (C=O) groups is 2. The number of aromatic hydroxyl groups is 1. The van der Waals surface area contributed by atoms with E-state index < -0.39 is 0 Å². The molecule has 0 aliphatic heterocycles. The molecule has 1 fully saturated rings. The summed E-state index contributed by atoms with van der Waals surface area (Å²) in [6.07, 6.45) is 6.35. The van der Waals surface area contributed by atoms with Gasteiger partial charge in [0.1, 0.15) is 11.9 Å². The van der Waals surface area contributed by atoms with Crippen molar-refractivity contribution in [2.75, 3.05) is 6.54 Å². The molecule has 0 spiro atoms. The molecule has 5 heteroatoms. The summed E-state index contributed by atoms with van der Waals surface area (Å²) in [4.78, 5) is 23.5. The predicted molar refractivity (Wildman–Crippen MR) is 82.6 cm³/mol. The molecule has 0 saturated heterocycles. The van der Waals surface area contributed by atoms with Crippen LogP contribution in [0.25, 0.3) is 0 Å². The van der Waals surface area contributed by atoms with Crippen LogP contribution >= 0.6 is 0 Å². The zero-order chi connectivity index (χ0) is 15.8. The molecule has 2 N–H and O–H groups in total. The van der Waals surface area contributed by atoms with Crippen molar-refractivity contribution < 1.29 is 19.4 Å². The van der Waals surface area contributed by atoms with E-state index in [0.717, 1.165) is 25.7 Å². The molecule has 2 rings (SSSR count). The molecule has 1 aliphatic carbocycles. The fourth-order valence-corrected chi connectivity index (χ4v) is 2.62. The zero-order valence-corrected chi connectivity index (χ0v) is 12.7. The molecule has 120 valence electrons. The minimum Gasteiger partial charge on any atom is -0.507 e. The maximum absolute atomic E-state index is 11.8. The average molecular weight is 305 g/mol. The van der Waals surface area contributed by atoms with E-state index in [2.05, 4.69) is 5.32 Å². The molecule has 1 saturated carbocycles. The predicted octanol–water partition coefficient (Wildman–Crippen LogP) is 2.78. The topological polar surface area (TPSA) is 75.6 Å². The summed E-state index contributed by atoms with van der Waals surface area (Å²) >= 11 is 0. The van der Waals surface area contributed by atoms with Crippen LogP contribution in [0.3, 0.4) is 0 Å². The van der Waals surface area contributed by atoms with Gasteiger partial charge in [-0.1, -0.05) is 18.6 Å². The van der Waals surface area contributed by atoms with E-state index in [1.165, 1.54) is 12.5 Å². The first-order chi connectivity index (χ1) is 10.7. The Morgan fingerprint density at radius 1 is 1.18 bits per heavy atom. The lowest BCUT2D eigenvalue weighted by atomic mass is 9.98. The summed E-state index contributed by atoms with van der Waals surface area (Å²) in [6, 6.07) is 6.38. The fourth-order valence-electron chi connectivity index (χ4n) is 2.62. The summed E-state index contributed by atoms with van der Waals surface area (Å²) in [5.41, 5.74) is 0.243. The first kappa shape index (κ1) is 16.3. The van der Waals surface area contributed by atoms with Gasteiger partial charge in [0.15, 0.2) is 0 Å². The Labute approximate surface area is 130 Å². The van der Waals surface area contributed by atoms with Crippen LogP contribution in [0.1, 0.15) is 55.3 Å². The third-order valence-electron chi connectivity index (χ3n) is 3.84. The first-order valence-corrected chi connectivity index (χ1v) is 7.92. The minimum absolute atomic E-state index is 0.0447. The van der Waals surface area contributed by atoms with Crippen molar-refractivity contribution in [3.8, 4) is 5.75 Å². The number of nitrogens with one attached hydrogen (secondary N) is 1. The van der Waals surface area contributed by atoms with E-state index in [0.29, 0.717) is 19.4 Å². The van der Waals surface area contributed by atoms with Crippen molar-refractivity contribution in [1.82, 2.24) is 5.32 Å². The molecule has 1 aromatic carbocycles. The van der Waals surface area contributed by atoms with Gasteiger partial charge >= 0.3 is 5.97 Å². The Morgan fingerprint density at radius 3 is 2.64 bits per heavy atom. The van der Waals surface area contributed by atoms with Gasteiger partial charge in [0.25, 0.3) is 5.91 Å². The van der Waals surface area contributed by atoms with Gasteiger partial charge in [-0.2, -0.15) is 0 Å². The highest BCUT2D eigenvalue weighted by molar-refractivity contribution is 5.96. The van der Waals surface area contributed by atoms with E-state index in [4.69, 9.17) is 4.74 Å². The van der Waals surface area contributed by atoms with Crippen molar-refractivity contribution in [2.45, 2.75) is 51.0 Å². The van der Waals surface area contributed by atoms with Gasteiger partial charge in [0.05, 0.1) is 5.56 Å². The van der Waals surface area contributed by atoms with Gasteiger partial charge in [0.2, 0.25) is 0 Å². The molecular weight excluding hydrogens is 282 g/mol. The van der Waals surface area contributed by atoms with Crippen molar-refractivity contribution in [3.63, 3.8) is 0 Å². The number of carbonyl (C=O) groups excluding carboxylic acids is 2. The lowest BCUT2D eigenvalue weighted by Crippen LogP contribution is -2.26. The van der Waals surface area contributed by atoms with Crippen LogP contribution in [-0.2, 0) is 9.53 Å². The number of hydrogen-bond acceptors (Lipinski definition) is 4. The summed E-state index contributed by atoms with van der Waals surface area (Å²) in [5.74, 6) is -0.570. The minimum atomic E-state index is -0.334. The summed E-state index contributed by atoms with van der Waals surface area (Å²) < 4.78 is 5.41. The van der Waals surface area contributed by atoms with E-state index in [1.54, 1.807) is 18.2 Å².